The molecule has 0 radical (unpaired) electrons. The lowest BCUT2D eigenvalue weighted by molar-refractivity contribution is -0.117. The summed E-state index contributed by atoms with van der Waals surface area (Å²) in [6, 6.07) is 13.1. The number of aliphatic hydroxyl groups excluding tert-OH is 1. The molecule has 1 amide bonds. The van der Waals surface area contributed by atoms with Crippen molar-refractivity contribution in [2.24, 2.45) is 0 Å². The minimum Gasteiger partial charge on any atom is -0.503 e. The molecular formula is C30H28N2O7S. The van der Waals surface area contributed by atoms with Crippen LogP contribution in [0.25, 0.3) is 6.08 Å². The first-order chi connectivity index (χ1) is 19.3. The maximum Gasteiger partial charge on any atom is 0.350 e. The molecule has 40 heavy (non-hydrogen) atoms. The Hall–Kier alpha value is -4.70. The lowest BCUT2D eigenvalue weighted by Gasteiger charge is -2.25. The van der Waals surface area contributed by atoms with Crippen molar-refractivity contribution in [1.29, 1.82) is 0 Å². The standard InChI is InChI=1S/C30H28N2O7S/c1-5-16-39-22-15-13-20(17-23(22)38-6-2)25-24(21(33)14-12-19-10-8-7-9-11-19)26(34)28(35)32(25)30-31-18(3)27(40-30)29(36)37-4/h5,7-15,17,25,34H,1,6,16H2,2-4H3. The van der Waals surface area contributed by atoms with Gasteiger partial charge >= 0.3 is 5.97 Å². The van der Waals surface area contributed by atoms with Gasteiger partial charge in [0, 0.05) is 0 Å². The molecule has 0 spiro atoms. The van der Waals surface area contributed by atoms with Crippen molar-refractivity contribution in [3.05, 3.63) is 100 Å². The number of esters is 1. The van der Waals surface area contributed by atoms with Gasteiger partial charge in [0.2, 0.25) is 0 Å². The highest BCUT2D eigenvalue weighted by atomic mass is 32.1. The van der Waals surface area contributed by atoms with Gasteiger partial charge in [0.05, 0.1) is 31.0 Å². The number of ether oxygens (including phenoxy) is 3. The molecule has 1 aliphatic heterocycles. The number of methoxy groups -OCH3 is 1. The van der Waals surface area contributed by atoms with E-state index in [2.05, 4.69) is 11.6 Å². The van der Waals surface area contributed by atoms with Crippen LogP contribution in [0.2, 0.25) is 0 Å². The highest BCUT2D eigenvalue weighted by molar-refractivity contribution is 7.17. The lowest BCUT2D eigenvalue weighted by atomic mass is 9.95. The number of rotatable bonds is 11. The Bertz CT molecular complexity index is 1510. The summed E-state index contributed by atoms with van der Waals surface area (Å²) in [5.41, 5.74) is 1.46. The fraction of sp³-hybridized carbons (Fsp3) is 0.200. The number of aliphatic hydroxyl groups is 1. The summed E-state index contributed by atoms with van der Waals surface area (Å²) >= 11 is 0.932. The highest BCUT2D eigenvalue weighted by Gasteiger charge is 2.45. The number of hydrogen-bond donors (Lipinski definition) is 1. The van der Waals surface area contributed by atoms with Crippen LogP contribution in [0.5, 0.6) is 11.5 Å². The van der Waals surface area contributed by atoms with E-state index in [0.717, 1.165) is 16.9 Å². The smallest absolute Gasteiger partial charge is 0.350 e. The molecule has 10 heteroatoms. The number of anilines is 1. The number of ketones is 1. The summed E-state index contributed by atoms with van der Waals surface area (Å²) in [4.78, 5) is 45.1. The number of carbonyl (C=O) groups excluding carboxylic acids is 3. The molecule has 3 aromatic rings. The second-order valence-corrected chi connectivity index (χ2v) is 9.57. The summed E-state index contributed by atoms with van der Waals surface area (Å²) in [6.45, 7) is 7.67. The number of benzene rings is 2. The van der Waals surface area contributed by atoms with Crippen LogP contribution in [0.15, 0.2) is 78.6 Å². The zero-order chi connectivity index (χ0) is 28.8. The maximum absolute atomic E-state index is 13.5. The van der Waals surface area contributed by atoms with Crippen molar-refractivity contribution in [3.63, 3.8) is 0 Å². The molecule has 0 fully saturated rings. The summed E-state index contributed by atoms with van der Waals surface area (Å²) in [5, 5.41) is 11.1. The second kappa shape index (κ2) is 12.4. The Kier molecular flexibility index (Phi) is 8.80. The van der Waals surface area contributed by atoms with Gasteiger partial charge in [-0.25, -0.2) is 9.78 Å². The van der Waals surface area contributed by atoms with Crippen LogP contribution in [-0.2, 0) is 14.3 Å². The van der Waals surface area contributed by atoms with Gasteiger partial charge in [-0.05, 0) is 43.2 Å². The van der Waals surface area contributed by atoms with Crippen molar-refractivity contribution in [2.75, 3.05) is 25.2 Å². The number of nitrogens with zero attached hydrogens (tertiary/aromatic N) is 2. The minimum absolute atomic E-state index is 0.124. The quantitative estimate of drug-likeness (QED) is 0.189. The molecule has 0 aliphatic carbocycles. The van der Waals surface area contributed by atoms with E-state index < -0.39 is 29.5 Å². The van der Waals surface area contributed by atoms with Gasteiger partial charge in [0.25, 0.3) is 5.91 Å². The van der Waals surface area contributed by atoms with Crippen LogP contribution in [0, 0.1) is 6.92 Å². The molecule has 0 bridgehead atoms. The van der Waals surface area contributed by atoms with Gasteiger partial charge in [-0.1, -0.05) is 66.5 Å². The molecule has 4 rings (SSSR count). The molecule has 1 unspecified atom stereocenters. The monoisotopic (exact) mass is 560 g/mol. The SMILES string of the molecule is C=CCOc1ccc(C2C(C(=O)C=Cc3ccccc3)=C(O)C(=O)N2c2nc(C)c(C(=O)OC)s2)cc1OCC. The van der Waals surface area contributed by atoms with Gasteiger partial charge in [-0.15, -0.1) is 0 Å². The minimum atomic E-state index is -1.07. The third-order valence-corrected chi connectivity index (χ3v) is 7.14. The van der Waals surface area contributed by atoms with Crippen LogP contribution < -0.4 is 14.4 Å². The Morgan fingerprint density at radius 2 is 1.90 bits per heavy atom. The third-order valence-electron chi connectivity index (χ3n) is 6.00. The van der Waals surface area contributed by atoms with Crippen molar-refractivity contribution in [3.8, 4) is 11.5 Å². The summed E-state index contributed by atoms with van der Waals surface area (Å²) in [6.07, 6.45) is 4.51. The first kappa shape index (κ1) is 28.3. The van der Waals surface area contributed by atoms with E-state index in [9.17, 15) is 19.5 Å². The normalized spacial score (nSPS) is 15.0. The summed E-state index contributed by atoms with van der Waals surface area (Å²) < 4.78 is 16.3. The van der Waals surface area contributed by atoms with E-state index in [1.54, 1.807) is 37.3 Å². The molecule has 1 N–H and O–H groups in total. The molecule has 9 nitrogen and oxygen atoms in total. The molecule has 1 atom stereocenters. The van der Waals surface area contributed by atoms with Gasteiger partial charge in [-0.3, -0.25) is 14.5 Å². The molecule has 1 aromatic heterocycles. The fourth-order valence-electron chi connectivity index (χ4n) is 4.19. The summed E-state index contributed by atoms with van der Waals surface area (Å²) in [7, 11) is 1.25. The van der Waals surface area contributed by atoms with E-state index in [4.69, 9.17) is 14.2 Å². The van der Waals surface area contributed by atoms with Gasteiger partial charge in [0.1, 0.15) is 11.5 Å². The van der Waals surface area contributed by atoms with Crippen LogP contribution in [0.3, 0.4) is 0 Å². The van der Waals surface area contributed by atoms with E-state index in [1.165, 1.54) is 18.1 Å². The predicted molar refractivity (Wildman–Crippen MR) is 152 cm³/mol. The third kappa shape index (κ3) is 5.67. The Morgan fingerprint density at radius 3 is 2.58 bits per heavy atom. The van der Waals surface area contributed by atoms with Gasteiger partial charge in [0.15, 0.2) is 28.2 Å². The second-order valence-electron chi connectivity index (χ2n) is 8.59. The van der Waals surface area contributed by atoms with Crippen molar-refractivity contribution >= 4 is 40.2 Å². The van der Waals surface area contributed by atoms with E-state index >= 15 is 0 Å². The number of aromatic nitrogens is 1. The number of aryl methyl sites for hydroxylation is 1. The zero-order valence-electron chi connectivity index (χ0n) is 22.2. The Morgan fingerprint density at radius 1 is 1.15 bits per heavy atom. The van der Waals surface area contributed by atoms with Crippen LogP contribution in [-0.4, -0.2) is 48.1 Å². The lowest BCUT2D eigenvalue weighted by Crippen LogP contribution is -2.31. The molecule has 0 saturated carbocycles. The topological polar surface area (TPSA) is 115 Å². The van der Waals surface area contributed by atoms with E-state index in [1.807, 2.05) is 37.3 Å². The first-order valence-electron chi connectivity index (χ1n) is 12.4. The Balaban J connectivity index is 1.84. The molecule has 206 valence electrons. The number of carbonyl (C=O) groups is 3. The van der Waals surface area contributed by atoms with E-state index in [-0.39, 0.29) is 22.2 Å². The Labute approximate surface area is 235 Å². The van der Waals surface area contributed by atoms with Crippen LogP contribution in [0.4, 0.5) is 5.13 Å². The summed E-state index contributed by atoms with van der Waals surface area (Å²) in [5.74, 6) is -1.86. The van der Waals surface area contributed by atoms with Crippen molar-refractivity contribution in [2.45, 2.75) is 19.9 Å². The fourth-order valence-corrected chi connectivity index (χ4v) is 5.21. The largest absolute Gasteiger partial charge is 0.503 e. The van der Waals surface area contributed by atoms with E-state index in [0.29, 0.717) is 29.4 Å². The number of hydrogen-bond acceptors (Lipinski definition) is 9. The van der Waals surface area contributed by atoms with Crippen molar-refractivity contribution in [1.82, 2.24) is 4.98 Å². The molecule has 2 heterocycles. The highest BCUT2D eigenvalue weighted by Crippen LogP contribution is 2.45. The molecule has 0 saturated heterocycles. The molecule has 2 aromatic carbocycles. The van der Waals surface area contributed by atoms with Crippen LogP contribution >= 0.6 is 11.3 Å². The number of allylic oxidation sites excluding steroid dienone is 1. The number of amides is 1. The van der Waals surface area contributed by atoms with Gasteiger partial charge in [-0.2, -0.15) is 0 Å². The van der Waals surface area contributed by atoms with Crippen LogP contribution in [0.1, 0.15) is 39.5 Å². The number of thiazole rings is 1. The average molecular weight is 561 g/mol. The average Bonchev–Trinajstić information content (AvgIpc) is 3.47. The first-order valence-corrected chi connectivity index (χ1v) is 13.2. The van der Waals surface area contributed by atoms with Gasteiger partial charge < -0.3 is 19.3 Å². The van der Waals surface area contributed by atoms with Crippen molar-refractivity contribution < 1.29 is 33.7 Å². The maximum atomic E-state index is 13.5. The molecular weight excluding hydrogens is 532 g/mol. The molecule has 1 aliphatic rings. The zero-order valence-corrected chi connectivity index (χ0v) is 23.1. The predicted octanol–water partition coefficient (Wildman–Crippen LogP) is 5.38.